The van der Waals surface area contributed by atoms with Gasteiger partial charge in [-0.3, -0.25) is 4.99 Å². The van der Waals surface area contributed by atoms with Crippen LogP contribution in [0.4, 0.5) is 5.13 Å². The maximum Gasteiger partial charge on any atom is 0.205 e. The number of aryl methyl sites for hydroxylation is 1. The second-order valence-corrected chi connectivity index (χ2v) is 8.50. The summed E-state index contributed by atoms with van der Waals surface area (Å²) in [4.78, 5) is 16.5. The van der Waals surface area contributed by atoms with Gasteiger partial charge in [0.2, 0.25) is 5.13 Å². The van der Waals surface area contributed by atoms with Crippen molar-refractivity contribution in [1.29, 1.82) is 0 Å². The maximum atomic E-state index is 5.30. The summed E-state index contributed by atoms with van der Waals surface area (Å²) in [5.74, 6) is 2.79. The van der Waals surface area contributed by atoms with Crippen molar-refractivity contribution in [3.8, 4) is 5.75 Å². The molecule has 31 heavy (non-hydrogen) atoms. The van der Waals surface area contributed by atoms with Crippen molar-refractivity contribution >= 4 is 22.6 Å². The Morgan fingerprint density at radius 1 is 1.19 bits per heavy atom. The number of benzene rings is 1. The number of piperazine rings is 1. The average Bonchev–Trinajstić information content (AvgIpc) is 3.28. The van der Waals surface area contributed by atoms with Crippen LogP contribution in [0.15, 0.2) is 29.3 Å². The molecule has 3 rings (SSSR count). The van der Waals surface area contributed by atoms with E-state index in [1.54, 1.807) is 7.11 Å². The second-order valence-electron chi connectivity index (χ2n) is 7.77. The van der Waals surface area contributed by atoms with Gasteiger partial charge in [-0.2, -0.15) is 4.37 Å². The molecule has 1 aliphatic rings. The highest BCUT2D eigenvalue weighted by molar-refractivity contribution is 7.09. The molecule has 1 aromatic heterocycles. The number of rotatable bonds is 8. The first-order valence-electron chi connectivity index (χ1n) is 11.0. The Kier molecular flexibility index (Phi) is 8.48. The number of aliphatic imine (C=N–C) groups is 1. The van der Waals surface area contributed by atoms with Gasteiger partial charge in [-0.1, -0.05) is 19.1 Å². The number of anilines is 1. The number of hydrogen-bond donors (Lipinski definition) is 1. The maximum absolute atomic E-state index is 5.30. The predicted molar refractivity (Wildman–Crippen MR) is 128 cm³/mol. The zero-order valence-corrected chi connectivity index (χ0v) is 20.2. The van der Waals surface area contributed by atoms with Gasteiger partial charge in [-0.25, -0.2) is 4.98 Å². The van der Waals surface area contributed by atoms with E-state index < -0.39 is 0 Å². The summed E-state index contributed by atoms with van der Waals surface area (Å²) in [5, 5.41) is 4.51. The van der Waals surface area contributed by atoms with Crippen LogP contribution >= 0.6 is 11.5 Å². The Morgan fingerprint density at radius 3 is 2.45 bits per heavy atom. The summed E-state index contributed by atoms with van der Waals surface area (Å²) in [6.07, 6.45) is 0.884. The molecule has 2 aromatic rings. The molecule has 1 saturated heterocycles. The third kappa shape index (κ3) is 6.07. The van der Waals surface area contributed by atoms with Crippen LogP contribution in [-0.4, -0.2) is 85.6 Å². The van der Waals surface area contributed by atoms with Gasteiger partial charge in [0.05, 0.1) is 19.7 Å². The van der Waals surface area contributed by atoms with Crippen molar-refractivity contribution in [2.75, 3.05) is 65.4 Å². The van der Waals surface area contributed by atoms with Crippen LogP contribution in [-0.2, 0) is 6.42 Å². The molecule has 1 N–H and O–H groups in total. The van der Waals surface area contributed by atoms with Crippen LogP contribution in [0, 0.1) is 0 Å². The van der Waals surface area contributed by atoms with E-state index in [-0.39, 0.29) is 6.04 Å². The normalized spacial score (nSPS) is 16.0. The van der Waals surface area contributed by atoms with Gasteiger partial charge in [0.25, 0.3) is 0 Å². The van der Waals surface area contributed by atoms with Crippen LogP contribution in [0.5, 0.6) is 5.75 Å². The van der Waals surface area contributed by atoms with Crippen molar-refractivity contribution in [1.82, 2.24) is 24.5 Å². The minimum atomic E-state index is 0.203. The molecule has 1 atom stereocenters. The highest BCUT2D eigenvalue weighted by atomic mass is 32.1. The summed E-state index contributed by atoms with van der Waals surface area (Å²) < 4.78 is 9.72. The van der Waals surface area contributed by atoms with E-state index in [1.807, 2.05) is 12.1 Å². The minimum absolute atomic E-state index is 0.203. The third-order valence-corrected chi connectivity index (χ3v) is 6.31. The van der Waals surface area contributed by atoms with Crippen LogP contribution in [0.3, 0.4) is 0 Å². The first kappa shape index (κ1) is 23.3. The number of guanidine groups is 1. The Labute approximate surface area is 190 Å². The Morgan fingerprint density at radius 2 is 1.90 bits per heavy atom. The lowest BCUT2D eigenvalue weighted by molar-refractivity contribution is 0.303. The number of ether oxygens (including phenoxy) is 1. The summed E-state index contributed by atoms with van der Waals surface area (Å²) in [7, 11) is 5.89. The number of nitrogens with zero attached hydrogens (tertiary/aromatic N) is 6. The summed E-state index contributed by atoms with van der Waals surface area (Å²) in [6.45, 7) is 9.45. The lowest BCUT2D eigenvalue weighted by atomic mass is 10.1. The fraction of sp³-hybridized carbons (Fsp3) is 0.591. The first-order valence-corrected chi connectivity index (χ1v) is 11.7. The molecule has 8 nitrogen and oxygen atoms in total. The molecular weight excluding hydrogens is 410 g/mol. The van der Waals surface area contributed by atoms with E-state index in [2.05, 4.69) is 69.4 Å². The molecular formula is C22H35N7OS. The van der Waals surface area contributed by atoms with Crippen LogP contribution in [0.2, 0.25) is 0 Å². The molecule has 2 heterocycles. The van der Waals surface area contributed by atoms with Gasteiger partial charge < -0.3 is 24.8 Å². The van der Waals surface area contributed by atoms with E-state index in [9.17, 15) is 0 Å². The summed E-state index contributed by atoms with van der Waals surface area (Å²) in [5.41, 5.74) is 1.23. The molecule has 1 fully saturated rings. The highest BCUT2D eigenvalue weighted by Gasteiger charge is 2.23. The lowest BCUT2D eigenvalue weighted by Crippen LogP contribution is -2.52. The monoisotopic (exact) mass is 445 g/mol. The highest BCUT2D eigenvalue weighted by Crippen LogP contribution is 2.22. The SMILES string of the molecule is CCNC(=NCC(c1ccc(OC)cc1)N(C)C)N1CCN(c2nc(CC)ns2)CC1. The topological polar surface area (TPSA) is 69.1 Å². The van der Waals surface area contributed by atoms with E-state index in [0.29, 0.717) is 6.54 Å². The lowest BCUT2D eigenvalue weighted by Gasteiger charge is -2.36. The predicted octanol–water partition coefficient (Wildman–Crippen LogP) is 2.50. The van der Waals surface area contributed by atoms with E-state index >= 15 is 0 Å². The molecule has 1 aliphatic heterocycles. The molecule has 0 spiro atoms. The van der Waals surface area contributed by atoms with Gasteiger partial charge in [-0.15, -0.1) is 0 Å². The van der Waals surface area contributed by atoms with Crippen molar-refractivity contribution in [2.24, 2.45) is 4.99 Å². The van der Waals surface area contributed by atoms with E-state index in [0.717, 1.165) is 61.8 Å². The molecule has 9 heteroatoms. The fourth-order valence-corrected chi connectivity index (χ4v) is 4.42. The standard InChI is InChI=1S/C22H35N7OS/c1-6-20-25-22(31-26-20)29-14-12-28(13-15-29)21(23-7-2)24-16-19(27(3)4)17-8-10-18(30-5)11-9-17/h8-11,19H,6-7,12-16H2,1-5H3,(H,23,24). The average molecular weight is 446 g/mol. The summed E-state index contributed by atoms with van der Waals surface area (Å²) >= 11 is 1.50. The van der Waals surface area contributed by atoms with Gasteiger partial charge in [-0.05, 0) is 38.7 Å². The zero-order valence-electron chi connectivity index (χ0n) is 19.3. The first-order chi connectivity index (χ1) is 15.0. The number of hydrogen-bond acceptors (Lipinski definition) is 7. The molecule has 0 saturated carbocycles. The van der Waals surface area contributed by atoms with Gasteiger partial charge in [0.15, 0.2) is 5.96 Å². The Balaban J connectivity index is 1.65. The molecule has 0 bridgehead atoms. The van der Waals surface area contributed by atoms with Gasteiger partial charge in [0.1, 0.15) is 11.6 Å². The minimum Gasteiger partial charge on any atom is -0.497 e. The molecule has 1 unspecified atom stereocenters. The number of nitrogens with one attached hydrogen (secondary N) is 1. The fourth-order valence-electron chi connectivity index (χ4n) is 3.62. The number of methoxy groups -OCH3 is 1. The van der Waals surface area contributed by atoms with E-state index in [4.69, 9.17) is 9.73 Å². The second kappa shape index (κ2) is 11.3. The zero-order chi connectivity index (χ0) is 22.2. The number of likely N-dealkylation sites (N-methyl/N-ethyl adjacent to an activating group) is 1. The molecule has 170 valence electrons. The Hall–Kier alpha value is -2.39. The quantitative estimate of drug-likeness (QED) is 0.495. The van der Waals surface area contributed by atoms with Gasteiger partial charge in [0, 0.05) is 50.7 Å². The molecule has 0 amide bonds. The van der Waals surface area contributed by atoms with Crippen molar-refractivity contribution in [2.45, 2.75) is 26.3 Å². The number of aromatic nitrogens is 2. The smallest absolute Gasteiger partial charge is 0.205 e. The summed E-state index contributed by atoms with van der Waals surface area (Å²) in [6, 6.07) is 8.47. The Bertz CT molecular complexity index is 829. The van der Waals surface area contributed by atoms with Crippen LogP contribution < -0.4 is 15.0 Å². The van der Waals surface area contributed by atoms with Crippen LogP contribution in [0.1, 0.15) is 31.3 Å². The van der Waals surface area contributed by atoms with Crippen molar-refractivity contribution < 1.29 is 4.74 Å². The molecule has 0 radical (unpaired) electrons. The van der Waals surface area contributed by atoms with Crippen LogP contribution in [0.25, 0.3) is 0 Å². The molecule has 0 aliphatic carbocycles. The molecule has 1 aromatic carbocycles. The van der Waals surface area contributed by atoms with Crippen molar-refractivity contribution in [3.63, 3.8) is 0 Å². The van der Waals surface area contributed by atoms with Gasteiger partial charge >= 0.3 is 0 Å². The third-order valence-electron chi connectivity index (χ3n) is 5.50. The van der Waals surface area contributed by atoms with E-state index in [1.165, 1.54) is 17.1 Å². The largest absolute Gasteiger partial charge is 0.497 e. The van der Waals surface area contributed by atoms with Crippen molar-refractivity contribution in [3.05, 3.63) is 35.7 Å².